The molecule has 0 saturated heterocycles. The van der Waals surface area contributed by atoms with E-state index >= 15 is 0 Å². The van der Waals surface area contributed by atoms with Crippen molar-refractivity contribution >= 4 is 33.6 Å². The van der Waals surface area contributed by atoms with E-state index < -0.39 is 0 Å². The number of para-hydroxylation sites is 1. The van der Waals surface area contributed by atoms with Crippen molar-refractivity contribution in [1.82, 2.24) is 15.2 Å². The second kappa shape index (κ2) is 6.14. The highest BCUT2D eigenvalue weighted by Gasteiger charge is 2.08. The van der Waals surface area contributed by atoms with E-state index in [2.05, 4.69) is 38.4 Å². The Balaban J connectivity index is 1.53. The molecule has 0 spiro atoms. The molecular weight excluding hydrogens is 304 g/mol. The summed E-state index contributed by atoms with van der Waals surface area (Å²) in [6.07, 6.45) is 4.62. The average Bonchev–Trinajstić information content (AvgIpc) is 3.22. The fourth-order valence-corrected chi connectivity index (χ4v) is 3.19. The van der Waals surface area contributed by atoms with Crippen LogP contribution < -0.4 is 0 Å². The first-order valence-electron chi connectivity index (χ1n) is 7.35. The largest absolute Gasteiger partial charge is 0.361 e. The Morgan fingerprint density at radius 1 is 1.00 bits per heavy atom. The first kappa shape index (κ1) is 13.8. The topological polar surface area (TPSA) is 53.9 Å². The zero-order chi connectivity index (χ0) is 15.5. The van der Waals surface area contributed by atoms with E-state index in [0.29, 0.717) is 5.13 Å². The van der Waals surface area contributed by atoms with Gasteiger partial charge in [0.25, 0.3) is 0 Å². The minimum Gasteiger partial charge on any atom is -0.361 e. The zero-order valence-electron chi connectivity index (χ0n) is 12.3. The molecule has 5 heteroatoms. The van der Waals surface area contributed by atoms with Crippen LogP contribution in [0.5, 0.6) is 0 Å². The molecule has 0 amide bonds. The van der Waals surface area contributed by atoms with Crippen molar-refractivity contribution in [3.05, 3.63) is 76.9 Å². The number of aromatic amines is 1. The smallest absolute Gasteiger partial charge is 0.231 e. The van der Waals surface area contributed by atoms with Gasteiger partial charge in [0, 0.05) is 29.7 Å². The molecule has 1 N–H and O–H groups in total. The van der Waals surface area contributed by atoms with E-state index in [-0.39, 0.29) is 0 Å². The van der Waals surface area contributed by atoms with Crippen LogP contribution in [0.15, 0.2) is 65.8 Å². The predicted octanol–water partition coefficient (Wildman–Crippen LogP) is 4.36. The van der Waals surface area contributed by atoms with Crippen molar-refractivity contribution in [3.8, 4) is 0 Å². The molecule has 4 rings (SSSR count). The molecule has 2 aromatic heterocycles. The maximum atomic E-state index is 4.40. The fourth-order valence-electron chi connectivity index (χ4n) is 2.48. The van der Waals surface area contributed by atoms with E-state index in [9.17, 15) is 0 Å². The van der Waals surface area contributed by atoms with Crippen LogP contribution >= 0.6 is 11.3 Å². The highest BCUT2D eigenvalue weighted by Crippen LogP contribution is 2.25. The number of nitrogens with zero attached hydrogens (tertiary/aromatic N) is 3. The summed E-state index contributed by atoms with van der Waals surface area (Å²) >= 11 is 1.52. The maximum absolute atomic E-state index is 4.40. The van der Waals surface area contributed by atoms with Gasteiger partial charge in [0.1, 0.15) is 5.01 Å². The molecule has 0 fully saturated rings. The van der Waals surface area contributed by atoms with Crippen LogP contribution in [0, 0.1) is 0 Å². The van der Waals surface area contributed by atoms with Crippen LogP contribution in [0.4, 0.5) is 5.13 Å². The molecule has 23 heavy (non-hydrogen) atoms. The van der Waals surface area contributed by atoms with E-state index in [1.165, 1.54) is 22.3 Å². The molecule has 0 saturated carbocycles. The van der Waals surface area contributed by atoms with Gasteiger partial charge in [-0.2, -0.15) is 0 Å². The first-order valence-corrected chi connectivity index (χ1v) is 8.16. The summed E-state index contributed by atoms with van der Waals surface area (Å²) in [6, 6.07) is 18.3. The summed E-state index contributed by atoms with van der Waals surface area (Å²) < 4.78 is 0. The van der Waals surface area contributed by atoms with Crippen LogP contribution in [-0.2, 0) is 6.42 Å². The van der Waals surface area contributed by atoms with Crippen molar-refractivity contribution < 1.29 is 0 Å². The molecule has 0 aliphatic heterocycles. The van der Waals surface area contributed by atoms with Crippen LogP contribution in [0.1, 0.15) is 16.1 Å². The van der Waals surface area contributed by atoms with Gasteiger partial charge in [-0.25, -0.2) is 4.99 Å². The van der Waals surface area contributed by atoms with E-state index in [1.54, 1.807) is 0 Å². The molecule has 2 aromatic carbocycles. The average molecular weight is 318 g/mol. The SMILES string of the molecule is C(=Nc1nnc(Cc2c[nH]c3ccccc23)s1)c1ccccc1. The molecule has 0 aliphatic carbocycles. The van der Waals surface area contributed by atoms with Crippen LogP contribution in [0.2, 0.25) is 0 Å². The molecule has 0 aliphatic rings. The molecule has 4 nitrogen and oxygen atoms in total. The zero-order valence-corrected chi connectivity index (χ0v) is 13.1. The number of aliphatic imine (C=N–C) groups is 1. The lowest BCUT2D eigenvalue weighted by atomic mass is 10.1. The lowest BCUT2D eigenvalue weighted by Crippen LogP contribution is -1.85. The van der Waals surface area contributed by atoms with Crippen LogP contribution in [0.25, 0.3) is 10.9 Å². The molecule has 0 bridgehead atoms. The molecule has 0 atom stereocenters. The number of rotatable bonds is 4. The standard InChI is InChI=1S/C18H14N4S/c1-2-6-13(7-3-1)11-20-18-22-21-17(23-18)10-14-12-19-16-9-5-4-8-15(14)16/h1-9,11-12,19H,10H2. The summed E-state index contributed by atoms with van der Waals surface area (Å²) in [5.41, 5.74) is 3.44. The summed E-state index contributed by atoms with van der Waals surface area (Å²) in [4.78, 5) is 7.69. The van der Waals surface area contributed by atoms with E-state index in [4.69, 9.17) is 0 Å². The molecule has 4 aromatic rings. The van der Waals surface area contributed by atoms with Crippen molar-refractivity contribution in [1.29, 1.82) is 0 Å². The fraction of sp³-hybridized carbons (Fsp3) is 0.0556. The van der Waals surface area contributed by atoms with Gasteiger partial charge in [-0.05, 0) is 17.2 Å². The Bertz CT molecular complexity index is 953. The van der Waals surface area contributed by atoms with E-state index in [0.717, 1.165) is 22.5 Å². The predicted molar refractivity (Wildman–Crippen MR) is 94.7 cm³/mol. The molecule has 2 heterocycles. The number of hydrogen-bond acceptors (Lipinski definition) is 4. The lowest BCUT2D eigenvalue weighted by Gasteiger charge is -1.94. The van der Waals surface area contributed by atoms with Gasteiger partial charge in [-0.15, -0.1) is 10.2 Å². The van der Waals surface area contributed by atoms with Gasteiger partial charge in [0.15, 0.2) is 0 Å². The Morgan fingerprint density at radius 3 is 2.74 bits per heavy atom. The number of benzene rings is 2. The molecule has 112 valence electrons. The second-order valence-electron chi connectivity index (χ2n) is 5.18. The Labute approximate surface area is 137 Å². The number of H-pyrrole nitrogens is 1. The summed E-state index contributed by atoms with van der Waals surface area (Å²) in [6.45, 7) is 0. The third kappa shape index (κ3) is 3.05. The van der Waals surface area contributed by atoms with Crippen molar-refractivity contribution in [2.24, 2.45) is 4.99 Å². The lowest BCUT2D eigenvalue weighted by molar-refractivity contribution is 1.00. The highest BCUT2D eigenvalue weighted by molar-refractivity contribution is 7.15. The van der Waals surface area contributed by atoms with Crippen molar-refractivity contribution in [2.45, 2.75) is 6.42 Å². The van der Waals surface area contributed by atoms with Crippen molar-refractivity contribution in [3.63, 3.8) is 0 Å². The first-order chi connectivity index (χ1) is 11.4. The number of aromatic nitrogens is 3. The van der Waals surface area contributed by atoms with Crippen LogP contribution in [-0.4, -0.2) is 21.4 Å². The van der Waals surface area contributed by atoms with Crippen LogP contribution in [0.3, 0.4) is 0 Å². The van der Waals surface area contributed by atoms with Gasteiger partial charge in [-0.1, -0.05) is 59.9 Å². The Kier molecular flexibility index (Phi) is 3.70. The Morgan fingerprint density at radius 2 is 1.83 bits per heavy atom. The summed E-state index contributed by atoms with van der Waals surface area (Å²) in [5.74, 6) is 0. The summed E-state index contributed by atoms with van der Waals surface area (Å²) in [5, 5.41) is 11.3. The second-order valence-corrected chi connectivity index (χ2v) is 6.22. The van der Waals surface area contributed by atoms with Gasteiger partial charge < -0.3 is 4.98 Å². The highest BCUT2D eigenvalue weighted by atomic mass is 32.1. The van der Waals surface area contributed by atoms with Gasteiger partial charge >= 0.3 is 0 Å². The molecule has 0 unspecified atom stereocenters. The van der Waals surface area contributed by atoms with E-state index in [1.807, 2.05) is 48.8 Å². The quantitative estimate of drug-likeness (QED) is 0.568. The minimum absolute atomic E-state index is 0.684. The molecule has 0 radical (unpaired) electrons. The third-order valence-corrected chi connectivity index (χ3v) is 4.43. The number of nitrogens with one attached hydrogen (secondary N) is 1. The van der Waals surface area contributed by atoms with Gasteiger partial charge in [0.05, 0.1) is 0 Å². The van der Waals surface area contributed by atoms with Gasteiger partial charge in [0.2, 0.25) is 5.13 Å². The molecular formula is C18H14N4S. The minimum atomic E-state index is 0.684. The van der Waals surface area contributed by atoms with Gasteiger partial charge in [-0.3, -0.25) is 0 Å². The summed E-state index contributed by atoms with van der Waals surface area (Å²) in [7, 11) is 0. The maximum Gasteiger partial charge on any atom is 0.231 e. The number of fused-ring (bicyclic) bond motifs is 1. The van der Waals surface area contributed by atoms with Crippen molar-refractivity contribution in [2.75, 3.05) is 0 Å². The monoisotopic (exact) mass is 318 g/mol. The Hall–Kier alpha value is -2.79. The normalized spacial score (nSPS) is 11.5. The third-order valence-electron chi connectivity index (χ3n) is 3.60. The number of hydrogen-bond donors (Lipinski definition) is 1.